The number of hydrogen-bond acceptors (Lipinski definition) is 2. The van der Waals surface area contributed by atoms with Crippen LogP contribution in [0.1, 0.15) is 0 Å². The summed E-state index contributed by atoms with van der Waals surface area (Å²) in [5.74, 6) is 0. The van der Waals surface area contributed by atoms with Crippen molar-refractivity contribution >= 4 is 82.4 Å². The maximum absolute atomic E-state index is 6.79. The van der Waals surface area contributed by atoms with Crippen LogP contribution in [0.15, 0.2) is 247 Å². The lowest BCUT2D eigenvalue weighted by Crippen LogP contribution is -2.13. The Morgan fingerprint density at radius 1 is 0.354 bits per heavy atom. The summed E-state index contributed by atoms with van der Waals surface area (Å²) in [6, 6.07) is 87.9. The van der Waals surface area contributed by atoms with Crippen LogP contribution in [0.4, 0.5) is 17.1 Å². The van der Waals surface area contributed by atoms with Crippen LogP contribution in [0.25, 0.3) is 104 Å². The summed E-state index contributed by atoms with van der Waals surface area (Å²) in [4.78, 5) is 2.49. The van der Waals surface area contributed by atoms with Gasteiger partial charge in [-0.25, -0.2) is 0 Å². The Bertz CT molecular complexity index is 3970. The monoisotopic (exact) mass is 828 g/mol. The van der Waals surface area contributed by atoms with Gasteiger partial charge < -0.3 is 13.9 Å². The highest BCUT2D eigenvalue weighted by molar-refractivity contribution is 6.16. The molecule has 2 heterocycles. The molecule has 0 bridgehead atoms. The molecule has 0 aliphatic rings. The molecule has 65 heavy (non-hydrogen) atoms. The van der Waals surface area contributed by atoms with Crippen LogP contribution in [0.2, 0.25) is 0 Å². The van der Waals surface area contributed by atoms with Crippen molar-refractivity contribution < 1.29 is 4.42 Å². The van der Waals surface area contributed by atoms with E-state index in [1.807, 2.05) is 6.07 Å². The lowest BCUT2D eigenvalue weighted by atomic mass is 9.89. The van der Waals surface area contributed by atoms with Crippen LogP contribution >= 0.6 is 0 Å². The molecule has 0 fully saturated rings. The van der Waals surface area contributed by atoms with Crippen LogP contribution < -0.4 is 4.90 Å². The first-order chi connectivity index (χ1) is 32.3. The van der Waals surface area contributed by atoms with Gasteiger partial charge in [-0.2, -0.15) is 0 Å². The minimum atomic E-state index is 0.881. The van der Waals surface area contributed by atoms with E-state index in [-0.39, 0.29) is 0 Å². The number of fused-ring (bicyclic) bond motifs is 8. The first kappa shape index (κ1) is 36.9. The molecule has 0 radical (unpaired) electrons. The quantitative estimate of drug-likeness (QED) is 0.160. The van der Waals surface area contributed by atoms with Crippen molar-refractivity contribution in [2.75, 3.05) is 4.90 Å². The van der Waals surface area contributed by atoms with E-state index in [0.717, 1.165) is 78.1 Å². The minimum absolute atomic E-state index is 0.881. The summed E-state index contributed by atoms with van der Waals surface area (Å²) < 4.78 is 9.23. The van der Waals surface area contributed by atoms with Gasteiger partial charge in [-0.05, 0) is 87.3 Å². The Morgan fingerprint density at radius 2 is 0.938 bits per heavy atom. The Kier molecular flexibility index (Phi) is 8.53. The summed E-state index contributed by atoms with van der Waals surface area (Å²) in [6.07, 6.45) is 0. The number of furan rings is 1. The summed E-state index contributed by atoms with van der Waals surface area (Å²) in [5.41, 5.74) is 15.1. The normalized spacial score (nSPS) is 11.7. The molecular weight excluding hydrogens is 789 g/mol. The van der Waals surface area contributed by atoms with Gasteiger partial charge in [0.15, 0.2) is 0 Å². The van der Waals surface area contributed by atoms with Gasteiger partial charge in [0.1, 0.15) is 11.2 Å². The molecule has 11 aromatic carbocycles. The molecular formula is C62H40N2O. The molecule has 2 aromatic heterocycles. The zero-order valence-corrected chi connectivity index (χ0v) is 35.4. The Hall–Kier alpha value is -8.66. The van der Waals surface area contributed by atoms with E-state index in [1.54, 1.807) is 0 Å². The number of aromatic nitrogens is 1. The van der Waals surface area contributed by atoms with Gasteiger partial charge >= 0.3 is 0 Å². The van der Waals surface area contributed by atoms with Gasteiger partial charge in [-0.1, -0.05) is 188 Å². The maximum Gasteiger partial charge on any atom is 0.143 e. The highest BCUT2D eigenvalue weighted by Gasteiger charge is 2.26. The topological polar surface area (TPSA) is 21.3 Å². The molecule has 0 saturated heterocycles. The number of benzene rings is 11. The number of rotatable bonds is 7. The molecule has 0 amide bonds. The largest absolute Gasteiger partial charge is 0.455 e. The van der Waals surface area contributed by atoms with Crippen molar-refractivity contribution in [3.8, 4) is 39.1 Å². The van der Waals surface area contributed by atoms with Crippen LogP contribution in [-0.2, 0) is 0 Å². The third kappa shape index (κ3) is 5.97. The number of hydrogen-bond donors (Lipinski definition) is 0. The molecule has 3 heteroatoms. The summed E-state index contributed by atoms with van der Waals surface area (Å²) in [7, 11) is 0. The predicted octanol–water partition coefficient (Wildman–Crippen LogP) is 17.5. The van der Waals surface area contributed by atoms with Crippen LogP contribution in [-0.4, -0.2) is 4.57 Å². The van der Waals surface area contributed by atoms with E-state index < -0.39 is 0 Å². The average Bonchev–Trinajstić information content (AvgIpc) is 3.93. The first-order valence-corrected chi connectivity index (χ1v) is 22.3. The number of nitrogens with zero attached hydrogens (tertiary/aromatic N) is 2. The number of anilines is 3. The molecule has 0 aliphatic heterocycles. The van der Waals surface area contributed by atoms with Gasteiger partial charge in [-0.15, -0.1) is 0 Å². The van der Waals surface area contributed by atoms with Gasteiger partial charge in [0.25, 0.3) is 0 Å². The van der Waals surface area contributed by atoms with Crippen LogP contribution in [0, 0.1) is 0 Å². The molecule has 0 aliphatic carbocycles. The fraction of sp³-hybridized carbons (Fsp3) is 0. The summed E-state index contributed by atoms with van der Waals surface area (Å²) in [6.45, 7) is 0. The number of para-hydroxylation sites is 6. The molecule has 13 rings (SSSR count). The van der Waals surface area contributed by atoms with E-state index >= 15 is 0 Å². The van der Waals surface area contributed by atoms with E-state index in [9.17, 15) is 0 Å². The Balaban J connectivity index is 1.14. The van der Waals surface area contributed by atoms with Gasteiger partial charge in [0.05, 0.1) is 22.4 Å². The second-order valence-electron chi connectivity index (χ2n) is 16.8. The van der Waals surface area contributed by atoms with E-state index in [1.165, 1.54) is 43.4 Å². The lowest BCUT2D eigenvalue weighted by Gasteiger charge is -2.31. The minimum Gasteiger partial charge on any atom is -0.455 e. The third-order valence-electron chi connectivity index (χ3n) is 13.2. The van der Waals surface area contributed by atoms with Crippen molar-refractivity contribution in [2.45, 2.75) is 0 Å². The molecule has 0 atom stereocenters. The van der Waals surface area contributed by atoms with Crippen molar-refractivity contribution in [1.29, 1.82) is 0 Å². The predicted molar refractivity (Wildman–Crippen MR) is 274 cm³/mol. The van der Waals surface area contributed by atoms with Gasteiger partial charge in [0, 0.05) is 55.2 Å². The van der Waals surface area contributed by atoms with E-state index in [4.69, 9.17) is 4.42 Å². The fourth-order valence-electron chi connectivity index (χ4n) is 10.3. The highest BCUT2D eigenvalue weighted by Crippen LogP contribution is 2.51. The van der Waals surface area contributed by atoms with E-state index in [0.29, 0.717) is 0 Å². The zero-order chi connectivity index (χ0) is 42.8. The smallest absolute Gasteiger partial charge is 0.143 e. The SMILES string of the molecule is c1ccc(-n2c3ccccc3c3cccc(-c4ccccc4N(c4ccc5ccccc5c4)c4cccc(-c5cccc6c5oc5ccccc56)c4-c4ccc5ccccc5c4)c32)cc1. The van der Waals surface area contributed by atoms with Gasteiger partial charge in [-0.3, -0.25) is 0 Å². The Labute approximate surface area is 376 Å². The second kappa shape index (κ2) is 15.0. The first-order valence-electron chi connectivity index (χ1n) is 22.3. The van der Waals surface area contributed by atoms with Crippen molar-refractivity contribution in [2.24, 2.45) is 0 Å². The van der Waals surface area contributed by atoms with E-state index in [2.05, 4.69) is 246 Å². The summed E-state index contributed by atoms with van der Waals surface area (Å²) in [5, 5.41) is 9.41. The molecule has 304 valence electrons. The molecule has 0 saturated carbocycles. The average molecular weight is 829 g/mol. The Morgan fingerprint density at radius 3 is 1.78 bits per heavy atom. The van der Waals surface area contributed by atoms with Gasteiger partial charge in [0.2, 0.25) is 0 Å². The molecule has 3 nitrogen and oxygen atoms in total. The molecule has 13 aromatic rings. The van der Waals surface area contributed by atoms with Crippen molar-refractivity contribution in [1.82, 2.24) is 4.57 Å². The lowest BCUT2D eigenvalue weighted by molar-refractivity contribution is 0.670. The molecule has 0 N–H and O–H groups in total. The zero-order valence-electron chi connectivity index (χ0n) is 35.4. The molecule has 0 unspecified atom stereocenters. The maximum atomic E-state index is 6.79. The fourth-order valence-corrected chi connectivity index (χ4v) is 10.3. The highest BCUT2D eigenvalue weighted by atomic mass is 16.3. The van der Waals surface area contributed by atoms with Crippen molar-refractivity contribution in [3.63, 3.8) is 0 Å². The standard InChI is InChI=1S/C62H40N2O/c1-2-21-46(22-3-1)64-57-32-12-9-24-49(57)53-28-14-27-52(61(53)64)48-23-8-11-31-56(48)63(47-38-37-42-18-5-7-20-44(42)40-47)58-33-16-26-51(60(58)45-36-35-41-17-4-6-19-43(41)39-45)55-30-15-29-54-50-25-10-13-34-59(50)65-62(54)55/h1-40H. The second-order valence-corrected chi connectivity index (χ2v) is 16.8. The van der Waals surface area contributed by atoms with Crippen LogP contribution in [0.5, 0.6) is 0 Å². The molecule has 0 spiro atoms. The van der Waals surface area contributed by atoms with Crippen LogP contribution in [0.3, 0.4) is 0 Å². The summed E-state index contributed by atoms with van der Waals surface area (Å²) >= 11 is 0. The van der Waals surface area contributed by atoms with Crippen molar-refractivity contribution in [3.05, 3.63) is 243 Å². The third-order valence-corrected chi connectivity index (χ3v) is 13.2.